The Kier molecular flexibility index (Phi) is 3.95. The first-order valence-electron chi connectivity index (χ1n) is 3.16. The molecule has 0 atom stereocenters. The first-order chi connectivity index (χ1) is 5.06. The molecule has 0 aromatic heterocycles. The van der Waals surface area contributed by atoms with Gasteiger partial charge >= 0.3 is 6.02 Å². The van der Waals surface area contributed by atoms with E-state index in [0.717, 1.165) is 5.70 Å². The molecule has 0 amide bonds. The molecule has 0 heterocycles. The summed E-state index contributed by atoms with van der Waals surface area (Å²) in [6.07, 6.45) is 0. The molecule has 0 aromatic carbocycles. The van der Waals surface area contributed by atoms with E-state index < -0.39 is 0 Å². The molecule has 0 aliphatic rings. The van der Waals surface area contributed by atoms with Gasteiger partial charge in [0.25, 0.3) is 0 Å². The third-order valence-corrected chi connectivity index (χ3v) is 0.857. The van der Waals surface area contributed by atoms with E-state index in [9.17, 15) is 0 Å². The van der Waals surface area contributed by atoms with Crippen LogP contribution >= 0.6 is 0 Å². The highest BCUT2D eigenvalue weighted by Gasteiger charge is 1.92. The number of hydrogen-bond acceptors (Lipinski definition) is 2. The van der Waals surface area contributed by atoms with Crippen LogP contribution in [0.5, 0.6) is 0 Å². The van der Waals surface area contributed by atoms with Gasteiger partial charge in [-0.25, -0.2) is 5.41 Å². The largest absolute Gasteiger partial charge is 0.467 e. The van der Waals surface area contributed by atoms with Crippen molar-refractivity contribution in [2.45, 2.75) is 13.8 Å². The van der Waals surface area contributed by atoms with Crippen LogP contribution in [0.4, 0.5) is 0 Å². The molecule has 2 N–H and O–H groups in total. The van der Waals surface area contributed by atoms with Gasteiger partial charge in [0.15, 0.2) is 0 Å². The smallest absolute Gasteiger partial charge is 0.310 e. The number of nitrogens with one attached hydrogen (secondary N) is 2. The third-order valence-electron chi connectivity index (χ3n) is 0.857. The third kappa shape index (κ3) is 5.14. The van der Waals surface area contributed by atoms with Crippen molar-refractivity contribution in [3.05, 3.63) is 12.3 Å². The van der Waals surface area contributed by atoms with Crippen LogP contribution in [0, 0.1) is 5.41 Å². The summed E-state index contributed by atoms with van der Waals surface area (Å²) < 4.78 is 4.53. The van der Waals surface area contributed by atoms with Crippen LogP contribution in [-0.2, 0) is 4.74 Å². The number of amidine groups is 2. The molecule has 0 radical (unpaired) electrons. The van der Waals surface area contributed by atoms with Crippen molar-refractivity contribution in [2.75, 3.05) is 7.11 Å². The monoisotopic (exact) mass is 155 g/mol. The number of methoxy groups -OCH3 is 1. The Morgan fingerprint density at radius 1 is 1.55 bits per heavy atom. The van der Waals surface area contributed by atoms with E-state index in [4.69, 9.17) is 5.41 Å². The van der Waals surface area contributed by atoms with Crippen LogP contribution in [0.15, 0.2) is 17.3 Å². The van der Waals surface area contributed by atoms with Gasteiger partial charge in [0, 0.05) is 5.70 Å². The minimum Gasteiger partial charge on any atom is -0.467 e. The number of aliphatic imine (C=N–C) groups is 1. The lowest BCUT2D eigenvalue weighted by molar-refractivity contribution is 0.393. The van der Waals surface area contributed by atoms with Gasteiger partial charge in [0.05, 0.1) is 7.11 Å². The van der Waals surface area contributed by atoms with Crippen LogP contribution < -0.4 is 5.32 Å². The molecule has 0 aliphatic heterocycles. The fraction of sp³-hybridized carbons (Fsp3) is 0.429. The maximum Gasteiger partial charge on any atom is 0.310 e. The van der Waals surface area contributed by atoms with Crippen molar-refractivity contribution in [3.8, 4) is 0 Å². The molecule has 0 aromatic rings. The SMILES string of the molecule is C=C(C)NC(C)=NC(=N)OC. The first kappa shape index (κ1) is 9.68. The lowest BCUT2D eigenvalue weighted by atomic mass is 10.5. The molecule has 62 valence electrons. The Hall–Kier alpha value is -1.32. The standard InChI is InChI=1S/C7H13N3O/c1-5(2)9-6(3)10-7(8)11-4/h1H2,2-4H3,(H2,8,9,10). The summed E-state index contributed by atoms with van der Waals surface area (Å²) in [6, 6.07) is -0.115. The summed E-state index contributed by atoms with van der Waals surface area (Å²) in [4.78, 5) is 3.74. The molecule has 0 bridgehead atoms. The highest BCUT2D eigenvalue weighted by molar-refractivity contribution is 5.91. The highest BCUT2D eigenvalue weighted by atomic mass is 16.5. The Morgan fingerprint density at radius 2 is 2.09 bits per heavy atom. The normalized spacial score (nSPS) is 10.6. The minimum atomic E-state index is -0.115. The van der Waals surface area contributed by atoms with Crippen molar-refractivity contribution in [3.63, 3.8) is 0 Å². The summed E-state index contributed by atoms with van der Waals surface area (Å²) in [5, 5.41) is 9.88. The number of allylic oxidation sites excluding steroid dienone is 1. The Bertz CT molecular complexity index is 196. The molecule has 0 saturated heterocycles. The minimum absolute atomic E-state index is 0.115. The Labute approximate surface area is 66.5 Å². The van der Waals surface area contributed by atoms with Gasteiger partial charge in [-0.3, -0.25) is 0 Å². The van der Waals surface area contributed by atoms with E-state index in [-0.39, 0.29) is 6.02 Å². The average molecular weight is 155 g/mol. The second-order valence-corrected chi connectivity index (χ2v) is 2.11. The Morgan fingerprint density at radius 3 is 2.45 bits per heavy atom. The predicted molar refractivity (Wildman–Crippen MR) is 45.8 cm³/mol. The molecule has 0 rings (SSSR count). The molecular weight excluding hydrogens is 142 g/mol. The van der Waals surface area contributed by atoms with E-state index in [0.29, 0.717) is 5.84 Å². The molecule has 4 nitrogen and oxygen atoms in total. The second kappa shape index (κ2) is 4.49. The van der Waals surface area contributed by atoms with Crippen molar-refractivity contribution in [1.29, 1.82) is 5.41 Å². The van der Waals surface area contributed by atoms with Gasteiger partial charge in [-0.05, 0) is 13.8 Å². The zero-order valence-electron chi connectivity index (χ0n) is 7.06. The van der Waals surface area contributed by atoms with E-state index in [1.165, 1.54) is 7.11 Å². The predicted octanol–water partition coefficient (Wildman–Crippen LogP) is 1.11. The summed E-state index contributed by atoms with van der Waals surface area (Å²) >= 11 is 0. The topological polar surface area (TPSA) is 57.5 Å². The summed E-state index contributed by atoms with van der Waals surface area (Å²) in [6.45, 7) is 7.18. The van der Waals surface area contributed by atoms with Gasteiger partial charge < -0.3 is 10.1 Å². The molecular formula is C7H13N3O. The lowest BCUT2D eigenvalue weighted by Crippen LogP contribution is -2.18. The maximum absolute atomic E-state index is 7.03. The fourth-order valence-electron chi connectivity index (χ4n) is 0.535. The van der Waals surface area contributed by atoms with Gasteiger partial charge in [-0.15, -0.1) is 0 Å². The zero-order chi connectivity index (χ0) is 8.85. The molecule has 0 fully saturated rings. The zero-order valence-corrected chi connectivity index (χ0v) is 7.06. The van der Waals surface area contributed by atoms with Crippen LogP contribution in [0.3, 0.4) is 0 Å². The summed E-state index contributed by atoms with van der Waals surface area (Å²) in [5.41, 5.74) is 0.787. The van der Waals surface area contributed by atoms with Gasteiger partial charge in [0.2, 0.25) is 0 Å². The fourth-order valence-corrected chi connectivity index (χ4v) is 0.535. The second-order valence-electron chi connectivity index (χ2n) is 2.11. The van der Waals surface area contributed by atoms with Crippen LogP contribution in [0.25, 0.3) is 0 Å². The first-order valence-corrected chi connectivity index (χ1v) is 3.16. The summed E-state index contributed by atoms with van der Waals surface area (Å²) in [5.74, 6) is 0.601. The molecule has 0 spiro atoms. The summed E-state index contributed by atoms with van der Waals surface area (Å²) in [7, 11) is 1.40. The molecule has 0 aliphatic carbocycles. The molecule has 4 heteroatoms. The molecule has 0 unspecified atom stereocenters. The van der Waals surface area contributed by atoms with Crippen LogP contribution in [0.2, 0.25) is 0 Å². The van der Waals surface area contributed by atoms with Crippen LogP contribution in [-0.4, -0.2) is 19.0 Å². The number of hydrogen-bond donors (Lipinski definition) is 2. The number of nitrogens with zero attached hydrogens (tertiary/aromatic N) is 1. The van der Waals surface area contributed by atoms with E-state index in [2.05, 4.69) is 21.6 Å². The average Bonchev–Trinajstić information content (AvgIpc) is 1.85. The maximum atomic E-state index is 7.03. The van der Waals surface area contributed by atoms with Crippen molar-refractivity contribution < 1.29 is 4.74 Å². The number of ether oxygens (including phenoxy) is 1. The molecule has 11 heavy (non-hydrogen) atoms. The molecule has 0 saturated carbocycles. The van der Waals surface area contributed by atoms with Gasteiger partial charge in [0.1, 0.15) is 5.84 Å². The van der Waals surface area contributed by atoms with Crippen molar-refractivity contribution in [2.24, 2.45) is 4.99 Å². The number of rotatable bonds is 1. The van der Waals surface area contributed by atoms with Crippen molar-refractivity contribution in [1.82, 2.24) is 5.32 Å². The van der Waals surface area contributed by atoms with Gasteiger partial charge in [-0.2, -0.15) is 4.99 Å². The van der Waals surface area contributed by atoms with E-state index in [1.807, 2.05) is 6.92 Å². The van der Waals surface area contributed by atoms with Gasteiger partial charge in [-0.1, -0.05) is 6.58 Å². The quantitative estimate of drug-likeness (QED) is 0.440. The van der Waals surface area contributed by atoms with E-state index in [1.54, 1.807) is 6.92 Å². The highest BCUT2D eigenvalue weighted by Crippen LogP contribution is 1.83. The Balaban J connectivity index is 4.00. The van der Waals surface area contributed by atoms with Crippen molar-refractivity contribution >= 4 is 11.9 Å². The van der Waals surface area contributed by atoms with E-state index >= 15 is 0 Å². The van der Waals surface area contributed by atoms with Crippen LogP contribution in [0.1, 0.15) is 13.8 Å². The lowest BCUT2D eigenvalue weighted by Gasteiger charge is -2.02.